The minimum atomic E-state index is -0.400. The lowest BCUT2D eigenvalue weighted by Gasteiger charge is -2.15. The third-order valence-electron chi connectivity index (χ3n) is 3.36. The molecule has 1 heterocycles. The summed E-state index contributed by atoms with van der Waals surface area (Å²) in [5.41, 5.74) is 0.844. The number of halogens is 1. The van der Waals surface area contributed by atoms with E-state index in [1.165, 1.54) is 0 Å². The summed E-state index contributed by atoms with van der Waals surface area (Å²) in [5, 5.41) is 11.8. The number of nitrogens with zero attached hydrogens (tertiary/aromatic N) is 2. The Morgan fingerprint density at radius 2 is 2.11 bits per heavy atom. The van der Waals surface area contributed by atoms with Crippen molar-refractivity contribution in [2.45, 2.75) is 6.92 Å². The van der Waals surface area contributed by atoms with E-state index >= 15 is 0 Å². The van der Waals surface area contributed by atoms with Crippen molar-refractivity contribution in [3.8, 4) is 23.4 Å². The number of pyridine rings is 1. The van der Waals surface area contributed by atoms with Crippen molar-refractivity contribution < 1.29 is 23.7 Å². The summed E-state index contributed by atoms with van der Waals surface area (Å²) in [4.78, 5) is 16.4. The van der Waals surface area contributed by atoms with Crippen LogP contribution in [0.15, 0.2) is 34.9 Å². The number of carbonyl (C=O) groups excluding carboxylic acids is 1. The van der Waals surface area contributed by atoms with Crippen LogP contribution >= 0.6 is 15.9 Å². The number of amides is 1. The van der Waals surface area contributed by atoms with E-state index in [1.807, 2.05) is 13.0 Å². The van der Waals surface area contributed by atoms with E-state index in [0.717, 1.165) is 0 Å². The van der Waals surface area contributed by atoms with Gasteiger partial charge in [-0.2, -0.15) is 5.26 Å². The summed E-state index contributed by atoms with van der Waals surface area (Å²) >= 11 is 3.34. The molecule has 0 aliphatic carbocycles. The molecule has 0 radical (unpaired) electrons. The molecule has 0 spiro atoms. The second kappa shape index (κ2) is 11.1. The van der Waals surface area contributed by atoms with E-state index in [0.29, 0.717) is 52.9 Å². The zero-order valence-corrected chi connectivity index (χ0v) is 17.1. The Bertz CT molecular complexity index is 854. The van der Waals surface area contributed by atoms with Crippen LogP contribution in [0, 0.1) is 11.3 Å². The normalized spacial score (nSPS) is 10.1. The fourth-order valence-electron chi connectivity index (χ4n) is 2.18. The van der Waals surface area contributed by atoms with Gasteiger partial charge in [0.2, 0.25) is 5.88 Å². The van der Waals surface area contributed by atoms with E-state index in [4.69, 9.17) is 24.2 Å². The number of nitriles is 1. The Hall–Kier alpha value is -2.83. The van der Waals surface area contributed by atoms with Gasteiger partial charge in [-0.05, 0) is 41.1 Å². The summed E-state index contributed by atoms with van der Waals surface area (Å²) in [6.07, 6.45) is 1.57. The highest BCUT2D eigenvalue weighted by atomic mass is 79.9. The molecule has 0 aliphatic rings. The van der Waals surface area contributed by atoms with Crippen molar-refractivity contribution in [3.63, 3.8) is 0 Å². The quantitative estimate of drug-likeness (QED) is 0.555. The van der Waals surface area contributed by atoms with Gasteiger partial charge in [0, 0.05) is 19.4 Å². The monoisotopic (exact) mass is 449 g/mol. The largest absolute Gasteiger partial charge is 0.490 e. The van der Waals surface area contributed by atoms with Crippen molar-refractivity contribution in [1.29, 1.82) is 5.26 Å². The Morgan fingerprint density at radius 3 is 2.82 bits per heavy atom. The van der Waals surface area contributed by atoms with Gasteiger partial charge in [0.25, 0.3) is 5.91 Å². The van der Waals surface area contributed by atoms with Crippen LogP contribution < -0.4 is 19.5 Å². The summed E-state index contributed by atoms with van der Waals surface area (Å²) in [6.45, 7) is 2.65. The second-order valence-corrected chi connectivity index (χ2v) is 6.22. The average Bonchev–Trinajstić information content (AvgIpc) is 2.69. The SMILES string of the molecule is CCOc1cc(C#N)cc(Br)c1OCC(=O)Nc1cccnc1OCCOC. The molecule has 0 fully saturated rings. The Labute approximate surface area is 171 Å². The first-order chi connectivity index (χ1) is 13.6. The number of hydrogen-bond donors (Lipinski definition) is 1. The molecule has 2 aromatic rings. The van der Waals surface area contributed by atoms with Gasteiger partial charge in [-0.3, -0.25) is 4.79 Å². The zero-order valence-electron chi connectivity index (χ0n) is 15.5. The van der Waals surface area contributed by atoms with Gasteiger partial charge in [0.15, 0.2) is 18.1 Å². The van der Waals surface area contributed by atoms with E-state index in [9.17, 15) is 4.79 Å². The van der Waals surface area contributed by atoms with Gasteiger partial charge < -0.3 is 24.3 Å². The molecule has 1 aromatic heterocycles. The van der Waals surface area contributed by atoms with E-state index in [-0.39, 0.29) is 6.61 Å². The fraction of sp³-hybridized carbons (Fsp3) is 0.316. The molecule has 8 nitrogen and oxygen atoms in total. The fourth-order valence-corrected chi connectivity index (χ4v) is 2.74. The molecule has 0 saturated carbocycles. The molecular weight excluding hydrogens is 430 g/mol. The highest BCUT2D eigenvalue weighted by Gasteiger charge is 2.15. The van der Waals surface area contributed by atoms with E-state index < -0.39 is 5.91 Å². The van der Waals surface area contributed by atoms with Crippen LogP contribution in [0.5, 0.6) is 17.4 Å². The van der Waals surface area contributed by atoms with Gasteiger partial charge in [-0.15, -0.1) is 0 Å². The predicted octanol–water partition coefficient (Wildman–Crippen LogP) is 3.16. The summed E-state index contributed by atoms with van der Waals surface area (Å²) < 4.78 is 22.1. The van der Waals surface area contributed by atoms with Gasteiger partial charge in [-0.25, -0.2) is 4.98 Å². The summed E-state index contributed by atoms with van der Waals surface area (Å²) in [6, 6.07) is 8.56. The molecule has 28 heavy (non-hydrogen) atoms. The molecule has 148 valence electrons. The Morgan fingerprint density at radius 1 is 1.29 bits per heavy atom. The first kappa shape index (κ1) is 21.5. The molecule has 9 heteroatoms. The maximum absolute atomic E-state index is 12.3. The van der Waals surface area contributed by atoms with Crippen LogP contribution in [-0.4, -0.2) is 44.4 Å². The molecule has 0 saturated heterocycles. The highest BCUT2D eigenvalue weighted by Crippen LogP contribution is 2.36. The standard InChI is InChI=1S/C19H20BrN3O5/c1-3-26-16-10-13(11-21)9-14(20)18(16)28-12-17(24)23-15-5-4-6-22-19(15)27-8-7-25-2/h4-6,9-10H,3,7-8,12H2,1-2H3,(H,23,24). The lowest BCUT2D eigenvalue weighted by molar-refractivity contribution is -0.118. The molecule has 1 amide bonds. The Kier molecular flexibility index (Phi) is 8.52. The summed E-state index contributed by atoms with van der Waals surface area (Å²) in [5.74, 6) is 0.621. The number of methoxy groups -OCH3 is 1. The average molecular weight is 450 g/mol. The van der Waals surface area contributed by atoms with Crippen molar-refractivity contribution >= 4 is 27.5 Å². The van der Waals surface area contributed by atoms with Crippen LogP contribution in [0.3, 0.4) is 0 Å². The van der Waals surface area contributed by atoms with Crippen molar-refractivity contribution in [2.75, 3.05) is 38.9 Å². The topological polar surface area (TPSA) is 103 Å². The lowest BCUT2D eigenvalue weighted by atomic mass is 10.2. The molecule has 0 unspecified atom stereocenters. The lowest BCUT2D eigenvalue weighted by Crippen LogP contribution is -2.21. The number of carbonyl (C=O) groups is 1. The van der Waals surface area contributed by atoms with Crippen LogP contribution in [-0.2, 0) is 9.53 Å². The van der Waals surface area contributed by atoms with Crippen LogP contribution in [0.4, 0.5) is 5.69 Å². The number of rotatable bonds is 10. The molecule has 0 aliphatic heterocycles. The van der Waals surface area contributed by atoms with Crippen molar-refractivity contribution in [1.82, 2.24) is 4.98 Å². The van der Waals surface area contributed by atoms with Gasteiger partial charge >= 0.3 is 0 Å². The second-order valence-electron chi connectivity index (χ2n) is 5.36. The minimum Gasteiger partial charge on any atom is -0.490 e. The zero-order chi connectivity index (χ0) is 20.4. The van der Waals surface area contributed by atoms with Crippen molar-refractivity contribution in [2.24, 2.45) is 0 Å². The van der Waals surface area contributed by atoms with E-state index in [2.05, 4.69) is 26.2 Å². The van der Waals surface area contributed by atoms with Gasteiger partial charge in [0.1, 0.15) is 12.3 Å². The van der Waals surface area contributed by atoms with Gasteiger partial charge in [-0.1, -0.05) is 0 Å². The third-order valence-corrected chi connectivity index (χ3v) is 3.95. The van der Waals surface area contributed by atoms with E-state index in [1.54, 1.807) is 37.6 Å². The van der Waals surface area contributed by atoms with Crippen LogP contribution in [0.2, 0.25) is 0 Å². The molecule has 1 aromatic carbocycles. The maximum Gasteiger partial charge on any atom is 0.262 e. The first-order valence-corrected chi connectivity index (χ1v) is 9.24. The molecule has 1 N–H and O–H groups in total. The molecule has 0 atom stereocenters. The number of benzene rings is 1. The highest BCUT2D eigenvalue weighted by molar-refractivity contribution is 9.10. The summed E-state index contributed by atoms with van der Waals surface area (Å²) in [7, 11) is 1.57. The van der Waals surface area contributed by atoms with Crippen LogP contribution in [0.25, 0.3) is 0 Å². The molecular formula is C19H20BrN3O5. The molecule has 2 rings (SSSR count). The van der Waals surface area contributed by atoms with Crippen LogP contribution in [0.1, 0.15) is 12.5 Å². The van der Waals surface area contributed by atoms with Crippen molar-refractivity contribution in [3.05, 3.63) is 40.5 Å². The predicted molar refractivity (Wildman–Crippen MR) is 106 cm³/mol. The smallest absolute Gasteiger partial charge is 0.262 e. The number of nitrogens with one attached hydrogen (secondary N) is 1. The Balaban J connectivity index is 2.05. The number of ether oxygens (including phenoxy) is 4. The number of hydrogen-bond acceptors (Lipinski definition) is 7. The minimum absolute atomic E-state index is 0.267. The maximum atomic E-state index is 12.3. The molecule has 0 bridgehead atoms. The van der Waals surface area contributed by atoms with Gasteiger partial charge in [0.05, 0.1) is 29.3 Å². The third kappa shape index (κ3) is 6.11. The first-order valence-electron chi connectivity index (χ1n) is 8.44. The number of aromatic nitrogens is 1. The number of anilines is 1.